The van der Waals surface area contributed by atoms with Gasteiger partial charge >= 0.3 is 0 Å². The van der Waals surface area contributed by atoms with Crippen LogP contribution in [0.1, 0.15) is 22.8 Å². The van der Waals surface area contributed by atoms with Gasteiger partial charge in [-0.15, -0.1) is 0 Å². The van der Waals surface area contributed by atoms with Gasteiger partial charge in [0.1, 0.15) is 11.1 Å². The van der Waals surface area contributed by atoms with Crippen LogP contribution in [0.5, 0.6) is 0 Å². The molecule has 0 saturated heterocycles. The van der Waals surface area contributed by atoms with Crippen molar-refractivity contribution in [3.05, 3.63) is 65.5 Å². The molecule has 0 saturated carbocycles. The lowest BCUT2D eigenvalue weighted by Crippen LogP contribution is -2.27. The third-order valence-corrected chi connectivity index (χ3v) is 5.34. The van der Waals surface area contributed by atoms with Crippen LogP contribution >= 0.6 is 0 Å². The molecule has 0 aliphatic heterocycles. The first kappa shape index (κ1) is 15.4. The molecule has 0 bridgehead atoms. The maximum Gasteiger partial charge on any atom is 0.188 e. The van der Waals surface area contributed by atoms with Gasteiger partial charge in [0.2, 0.25) is 0 Å². The summed E-state index contributed by atoms with van der Waals surface area (Å²) in [7, 11) is -3.76. The zero-order chi connectivity index (χ0) is 15.6. The van der Waals surface area contributed by atoms with Gasteiger partial charge in [-0.1, -0.05) is 12.1 Å². The van der Waals surface area contributed by atoms with Crippen LogP contribution in [-0.2, 0) is 9.84 Å². The number of sulfone groups is 1. The standard InChI is InChI=1S/C16H15FO3S/c1-11-4-3-5-15(10-11)21(19,20)12(2)16(18)13-6-8-14(17)9-7-13/h3-10,12H,1-2H3. The number of halogens is 1. The van der Waals surface area contributed by atoms with Crippen molar-refractivity contribution in [1.82, 2.24) is 0 Å². The monoisotopic (exact) mass is 306 g/mol. The summed E-state index contributed by atoms with van der Waals surface area (Å²) >= 11 is 0. The van der Waals surface area contributed by atoms with Gasteiger partial charge in [0.15, 0.2) is 15.6 Å². The van der Waals surface area contributed by atoms with Crippen LogP contribution in [0.15, 0.2) is 53.4 Å². The third-order valence-electron chi connectivity index (χ3n) is 3.28. The molecule has 0 N–H and O–H groups in total. The Labute approximate surface area is 123 Å². The topological polar surface area (TPSA) is 51.2 Å². The molecule has 0 spiro atoms. The van der Waals surface area contributed by atoms with E-state index < -0.39 is 26.7 Å². The fourth-order valence-electron chi connectivity index (χ4n) is 1.99. The molecule has 2 aromatic rings. The molecular formula is C16H15FO3S. The number of Topliss-reactive ketones (excluding diaryl/α,β-unsaturated/α-hetero) is 1. The van der Waals surface area contributed by atoms with Crippen LogP contribution in [0.2, 0.25) is 0 Å². The van der Waals surface area contributed by atoms with E-state index in [1.165, 1.54) is 31.2 Å². The van der Waals surface area contributed by atoms with E-state index in [2.05, 4.69) is 0 Å². The van der Waals surface area contributed by atoms with Crippen molar-refractivity contribution in [3.63, 3.8) is 0 Å². The van der Waals surface area contributed by atoms with Crippen molar-refractivity contribution in [3.8, 4) is 0 Å². The molecule has 2 rings (SSSR count). The summed E-state index contributed by atoms with van der Waals surface area (Å²) in [6.07, 6.45) is 0. The van der Waals surface area contributed by atoms with E-state index in [0.29, 0.717) is 0 Å². The van der Waals surface area contributed by atoms with Crippen LogP contribution in [0.3, 0.4) is 0 Å². The molecule has 0 radical (unpaired) electrons. The molecular weight excluding hydrogens is 291 g/mol. The van der Waals surface area contributed by atoms with Crippen molar-refractivity contribution >= 4 is 15.6 Å². The molecule has 0 amide bonds. The van der Waals surface area contributed by atoms with Gasteiger partial charge in [-0.2, -0.15) is 0 Å². The second kappa shape index (κ2) is 5.77. The van der Waals surface area contributed by atoms with Gasteiger partial charge in [-0.25, -0.2) is 12.8 Å². The van der Waals surface area contributed by atoms with Gasteiger partial charge in [0.05, 0.1) is 4.90 Å². The Hall–Kier alpha value is -2.01. The molecule has 0 aliphatic carbocycles. The highest BCUT2D eigenvalue weighted by Crippen LogP contribution is 2.20. The Morgan fingerprint density at radius 2 is 1.71 bits per heavy atom. The smallest absolute Gasteiger partial charge is 0.188 e. The molecule has 21 heavy (non-hydrogen) atoms. The Kier molecular flexibility index (Phi) is 4.23. The second-order valence-corrected chi connectivity index (χ2v) is 7.14. The fraction of sp³-hybridized carbons (Fsp3) is 0.188. The van der Waals surface area contributed by atoms with Crippen LogP contribution < -0.4 is 0 Å². The van der Waals surface area contributed by atoms with Crippen LogP contribution in [0.4, 0.5) is 4.39 Å². The Bertz CT molecular complexity index is 764. The van der Waals surface area contributed by atoms with Gasteiger partial charge < -0.3 is 0 Å². The Morgan fingerprint density at radius 1 is 1.10 bits per heavy atom. The van der Waals surface area contributed by atoms with E-state index in [0.717, 1.165) is 17.7 Å². The first-order valence-electron chi connectivity index (χ1n) is 6.43. The third kappa shape index (κ3) is 3.19. The lowest BCUT2D eigenvalue weighted by atomic mass is 10.1. The van der Waals surface area contributed by atoms with Crippen LogP contribution in [0, 0.1) is 12.7 Å². The largest absolute Gasteiger partial charge is 0.293 e. The number of ketones is 1. The first-order valence-corrected chi connectivity index (χ1v) is 7.97. The molecule has 5 heteroatoms. The zero-order valence-corrected chi connectivity index (χ0v) is 12.5. The summed E-state index contributed by atoms with van der Waals surface area (Å²) in [6.45, 7) is 3.13. The van der Waals surface area contributed by atoms with Gasteiger partial charge in [-0.3, -0.25) is 4.79 Å². The average Bonchev–Trinajstić information content (AvgIpc) is 2.46. The predicted octanol–water partition coefficient (Wildman–Crippen LogP) is 3.18. The molecule has 0 aromatic heterocycles. The van der Waals surface area contributed by atoms with E-state index >= 15 is 0 Å². The number of hydrogen-bond acceptors (Lipinski definition) is 3. The van der Waals surface area contributed by atoms with Crippen molar-refractivity contribution < 1.29 is 17.6 Å². The van der Waals surface area contributed by atoms with Gasteiger partial charge in [0, 0.05) is 5.56 Å². The summed E-state index contributed by atoms with van der Waals surface area (Å²) < 4.78 is 37.8. The number of carbonyl (C=O) groups is 1. The summed E-state index contributed by atoms with van der Waals surface area (Å²) in [4.78, 5) is 12.4. The number of aryl methyl sites for hydroxylation is 1. The van der Waals surface area contributed by atoms with Crippen molar-refractivity contribution in [1.29, 1.82) is 0 Å². The van der Waals surface area contributed by atoms with Gasteiger partial charge in [0.25, 0.3) is 0 Å². The van der Waals surface area contributed by atoms with Crippen LogP contribution in [0.25, 0.3) is 0 Å². The quantitative estimate of drug-likeness (QED) is 0.815. The minimum Gasteiger partial charge on any atom is -0.293 e. The molecule has 1 unspecified atom stereocenters. The van der Waals surface area contributed by atoms with E-state index in [1.807, 2.05) is 0 Å². The van der Waals surface area contributed by atoms with Crippen LogP contribution in [-0.4, -0.2) is 19.5 Å². The lowest BCUT2D eigenvalue weighted by molar-refractivity contribution is 0.0991. The zero-order valence-electron chi connectivity index (χ0n) is 11.7. The molecule has 0 heterocycles. The SMILES string of the molecule is Cc1cccc(S(=O)(=O)C(C)C(=O)c2ccc(F)cc2)c1. The van der Waals surface area contributed by atoms with E-state index in [4.69, 9.17) is 0 Å². The maximum atomic E-state index is 12.9. The van der Waals surface area contributed by atoms with E-state index in [-0.39, 0.29) is 10.5 Å². The average molecular weight is 306 g/mol. The summed E-state index contributed by atoms with van der Waals surface area (Å²) in [6, 6.07) is 11.3. The molecule has 0 fully saturated rings. The highest BCUT2D eigenvalue weighted by atomic mass is 32.2. The number of benzene rings is 2. The Morgan fingerprint density at radius 3 is 2.29 bits per heavy atom. The van der Waals surface area contributed by atoms with Gasteiger partial charge in [-0.05, 0) is 55.8 Å². The number of hydrogen-bond donors (Lipinski definition) is 0. The maximum absolute atomic E-state index is 12.9. The second-order valence-electron chi connectivity index (χ2n) is 4.87. The summed E-state index contributed by atoms with van der Waals surface area (Å²) in [5.74, 6) is -1.02. The first-order chi connectivity index (χ1) is 9.82. The molecule has 110 valence electrons. The minimum absolute atomic E-state index is 0.116. The van der Waals surface area contributed by atoms with E-state index in [9.17, 15) is 17.6 Å². The summed E-state index contributed by atoms with van der Waals surface area (Å²) in [5, 5.41) is -1.22. The van der Waals surface area contributed by atoms with Crippen molar-refractivity contribution in [2.75, 3.05) is 0 Å². The molecule has 0 aliphatic rings. The molecule has 3 nitrogen and oxygen atoms in total. The Balaban J connectivity index is 2.36. The van der Waals surface area contributed by atoms with E-state index in [1.54, 1.807) is 19.1 Å². The molecule has 2 aromatic carbocycles. The fourth-order valence-corrected chi connectivity index (χ4v) is 3.43. The lowest BCUT2D eigenvalue weighted by Gasteiger charge is -2.12. The highest BCUT2D eigenvalue weighted by Gasteiger charge is 2.30. The molecule has 1 atom stereocenters. The number of carbonyl (C=O) groups excluding carboxylic acids is 1. The number of rotatable bonds is 4. The van der Waals surface area contributed by atoms with Crippen molar-refractivity contribution in [2.45, 2.75) is 24.0 Å². The normalized spacial score (nSPS) is 12.9. The summed E-state index contributed by atoms with van der Waals surface area (Å²) in [5.41, 5.74) is 0.984. The van der Waals surface area contributed by atoms with Crippen molar-refractivity contribution in [2.24, 2.45) is 0 Å². The minimum atomic E-state index is -3.76. The highest BCUT2D eigenvalue weighted by molar-refractivity contribution is 7.92. The predicted molar refractivity (Wildman–Crippen MR) is 78.6 cm³/mol.